The number of aromatic nitrogens is 1. The van der Waals surface area contributed by atoms with Crippen LogP contribution in [-0.2, 0) is 0 Å². The van der Waals surface area contributed by atoms with Crippen molar-refractivity contribution >= 4 is 63.3 Å². The van der Waals surface area contributed by atoms with Crippen molar-refractivity contribution in [3.63, 3.8) is 0 Å². The summed E-state index contributed by atoms with van der Waals surface area (Å²) in [4.78, 5) is 26.4. The van der Waals surface area contributed by atoms with Crippen molar-refractivity contribution < 1.29 is 27.9 Å². The van der Waals surface area contributed by atoms with Crippen LogP contribution in [-0.4, -0.2) is 38.3 Å². The van der Waals surface area contributed by atoms with Crippen LogP contribution in [0.2, 0.25) is 0 Å². The van der Waals surface area contributed by atoms with Crippen molar-refractivity contribution in [1.29, 1.82) is 0 Å². The fraction of sp³-hybridized carbons (Fsp3) is 0.158. The number of alkyl halides is 4. The number of benzene rings is 1. The largest absolute Gasteiger partial charge is 0.408 e. The van der Waals surface area contributed by atoms with Crippen molar-refractivity contribution in [1.82, 2.24) is 10.3 Å². The number of halogens is 4. The highest BCUT2D eigenvalue weighted by molar-refractivity contribution is 7.80. The van der Waals surface area contributed by atoms with Crippen LogP contribution in [0.25, 0.3) is 5.57 Å². The van der Waals surface area contributed by atoms with Crippen LogP contribution in [0, 0.1) is 5.41 Å². The number of para-hydroxylation sites is 1. The Kier molecular flexibility index (Phi) is 6.43. The zero-order chi connectivity index (χ0) is 23.7. The maximum absolute atomic E-state index is 14.3. The smallest absolute Gasteiger partial charge is 0.370 e. The first kappa shape index (κ1) is 23.9. The zero-order valence-electron chi connectivity index (χ0n) is 15.8. The number of nitrogens with two attached hydrogens (primary N) is 1. The van der Waals surface area contributed by atoms with Crippen LogP contribution in [0.5, 0.6) is 0 Å². The molecular formula is C19H14ClF3N4O3S2. The number of nitrogens with zero attached hydrogens (tertiary/aromatic N) is 1. The van der Waals surface area contributed by atoms with E-state index in [2.05, 4.69) is 10.3 Å². The number of nitrogens with one attached hydrogen (secondary N) is 2. The van der Waals surface area contributed by atoms with E-state index in [-0.39, 0.29) is 22.5 Å². The molecule has 2 unspecified atom stereocenters. The number of rotatable bonds is 4. The third-order valence-electron chi connectivity index (χ3n) is 4.60. The van der Waals surface area contributed by atoms with E-state index < -0.39 is 33.6 Å². The van der Waals surface area contributed by atoms with Crippen molar-refractivity contribution in [2.45, 2.75) is 11.2 Å². The average molecular weight is 503 g/mol. The molecule has 5 N–H and O–H groups in total. The molecule has 0 bridgehead atoms. The van der Waals surface area contributed by atoms with Gasteiger partial charge in [0.25, 0.3) is 5.91 Å². The lowest BCUT2D eigenvalue weighted by molar-refractivity contribution is -0.209. The van der Waals surface area contributed by atoms with Gasteiger partial charge in [-0.3, -0.25) is 4.79 Å². The molecule has 1 aromatic carbocycles. The molecule has 0 aliphatic heterocycles. The monoisotopic (exact) mass is 502 g/mol. The Morgan fingerprint density at radius 1 is 1.28 bits per heavy atom. The molecule has 0 fully saturated rings. The van der Waals surface area contributed by atoms with Gasteiger partial charge in [0.05, 0.1) is 5.51 Å². The van der Waals surface area contributed by atoms with Crippen molar-refractivity contribution in [3.8, 4) is 0 Å². The van der Waals surface area contributed by atoms with Crippen LogP contribution in [0.1, 0.15) is 16.1 Å². The number of thiazole rings is 1. The van der Waals surface area contributed by atoms with Gasteiger partial charge in [-0.15, -0.1) is 11.3 Å². The predicted octanol–water partition coefficient (Wildman–Crippen LogP) is 3.82. The fourth-order valence-electron chi connectivity index (χ4n) is 3.08. The summed E-state index contributed by atoms with van der Waals surface area (Å²) in [5.41, 5.74) is 3.40. The standard InChI is InChI=1S/C19H14ClF3N4O3S2/c20-18(30)6-5-10(7-17(18,19(21,22)23)15(31)27-16(24)29)11-3-1-2-4-12(11)26-14(28)13-8-32-9-25-13/h1-9,30H,(H,26,28)(H3,24,27,29,31). The van der Waals surface area contributed by atoms with Crippen molar-refractivity contribution in [3.05, 3.63) is 64.6 Å². The normalized spacial score (nSPS) is 22.7. The summed E-state index contributed by atoms with van der Waals surface area (Å²) in [5, 5.41) is 13.2. The molecule has 1 aromatic heterocycles. The van der Waals surface area contributed by atoms with Gasteiger partial charge in [-0.25, -0.2) is 9.78 Å². The first-order valence-corrected chi connectivity index (χ1v) is 10.4. The average Bonchev–Trinajstić information content (AvgIpc) is 3.22. The lowest BCUT2D eigenvalue weighted by Crippen LogP contribution is -2.61. The number of carbonyl (C=O) groups is 2. The predicted molar refractivity (Wildman–Crippen MR) is 118 cm³/mol. The van der Waals surface area contributed by atoms with E-state index in [1.54, 1.807) is 17.4 Å². The van der Waals surface area contributed by atoms with Crippen LogP contribution in [0.3, 0.4) is 0 Å². The number of urea groups is 1. The van der Waals surface area contributed by atoms with Gasteiger partial charge in [-0.05, 0) is 17.7 Å². The minimum Gasteiger partial charge on any atom is -0.370 e. The summed E-state index contributed by atoms with van der Waals surface area (Å²) in [6, 6.07) is 4.69. The molecule has 0 saturated heterocycles. The number of amides is 3. The first-order chi connectivity index (χ1) is 14.9. The lowest BCUT2D eigenvalue weighted by atomic mass is 9.74. The molecule has 2 aromatic rings. The Hall–Kier alpha value is -2.80. The molecular weight excluding hydrogens is 489 g/mol. The highest BCUT2D eigenvalue weighted by Gasteiger charge is 2.68. The molecule has 0 radical (unpaired) electrons. The topological polar surface area (TPSA) is 117 Å². The second-order valence-corrected chi connectivity index (χ2v) is 8.31. The fourth-order valence-corrected chi connectivity index (χ4v) is 4.42. The Balaban J connectivity index is 2.13. The molecule has 13 heteroatoms. The molecule has 0 spiro atoms. The van der Waals surface area contributed by atoms with Gasteiger partial charge in [0.1, 0.15) is 10.7 Å². The van der Waals surface area contributed by atoms with E-state index in [9.17, 15) is 27.9 Å². The molecule has 32 heavy (non-hydrogen) atoms. The number of anilines is 1. The quantitative estimate of drug-likeness (QED) is 0.374. The summed E-state index contributed by atoms with van der Waals surface area (Å²) in [7, 11) is 0. The molecule has 3 amide bonds. The van der Waals surface area contributed by atoms with E-state index in [0.29, 0.717) is 12.2 Å². The zero-order valence-corrected chi connectivity index (χ0v) is 18.2. The SMILES string of the molecule is NC(=O)NC(=S)C1(C(F)(F)F)C=C(c2ccccc2NC(=O)c2cscn2)C=CC1(O)Cl. The molecule has 168 valence electrons. The lowest BCUT2D eigenvalue weighted by Gasteiger charge is -2.43. The van der Waals surface area contributed by atoms with Crippen LogP contribution in [0.15, 0.2) is 53.4 Å². The minimum atomic E-state index is -5.24. The Labute approximate surface area is 193 Å². The number of thiocarbonyl (C=S) groups is 1. The van der Waals surface area contributed by atoms with Gasteiger partial charge in [0, 0.05) is 16.6 Å². The summed E-state index contributed by atoms with van der Waals surface area (Å²) >= 11 is 11.8. The van der Waals surface area contributed by atoms with Crippen LogP contribution < -0.4 is 16.4 Å². The Morgan fingerprint density at radius 2 is 1.97 bits per heavy atom. The second kappa shape index (κ2) is 8.62. The number of allylic oxidation sites excluding steroid dienone is 2. The van der Waals surface area contributed by atoms with Gasteiger partial charge in [0.2, 0.25) is 0 Å². The van der Waals surface area contributed by atoms with Gasteiger partial charge < -0.3 is 21.5 Å². The molecule has 3 rings (SSSR count). The highest BCUT2D eigenvalue weighted by Crippen LogP contribution is 2.54. The van der Waals surface area contributed by atoms with Crippen molar-refractivity contribution in [2.24, 2.45) is 11.1 Å². The summed E-state index contributed by atoms with van der Waals surface area (Å²) in [5.74, 6) is -0.569. The first-order valence-electron chi connectivity index (χ1n) is 8.69. The molecule has 7 nitrogen and oxygen atoms in total. The third-order valence-corrected chi connectivity index (χ3v) is 6.04. The van der Waals surface area contributed by atoms with Gasteiger partial charge in [0.15, 0.2) is 10.5 Å². The number of hydrogen-bond donors (Lipinski definition) is 4. The molecule has 1 aliphatic rings. The second-order valence-electron chi connectivity index (χ2n) is 6.60. The van der Waals surface area contributed by atoms with E-state index in [4.69, 9.17) is 29.6 Å². The molecule has 0 saturated carbocycles. The summed E-state index contributed by atoms with van der Waals surface area (Å²) in [6.45, 7) is 0. The van der Waals surface area contributed by atoms with Crippen LogP contribution >= 0.6 is 35.2 Å². The molecule has 1 aliphatic carbocycles. The van der Waals surface area contributed by atoms with E-state index in [1.165, 1.54) is 34.4 Å². The van der Waals surface area contributed by atoms with E-state index in [0.717, 1.165) is 6.08 Å². The minimum absolute atomic E-state index is 0.0737. The van der Waals surface area contributed by atoms with Crippen LogP contribution in [0.4, 0.5) is 23.7 Å². The summed E-state index contributed by atoms with van der Waals surface area (Å²) < 4.78 is 42.9. The van der Waals surface area contributed by atoms with E-state index in [1.807, 2.05) is 0 Å². The third kappa shape index (κ3) is 4.26. The number of hydrogen-bond acceptors (Lipinski definition) is 6. The van der Waals surface area contributed by atoms with Gasteiger partial charge >= 0.3 is 12.2 Å². The Bertz CT molecular complexity index is 1130. The van der Waals surface area contributed by atoms with Gasteiger partial charge in [-0.1, -0.05) is 54.2 Å². The highest BCUT2D eigenvalue weighted by atomic mass is 35.5. The maximum atomic E-state index is 14.3. The number of aliphatic hydroxyl groups is 1. The Morgan fingerprint density at radius 3 is 2.56 bits per heavy atom. The number of primary amides is 1. The van der Waals surface area contributed by atoms with Crippen molar-refractivity contribution in [2.75, 3.05) is 5.32 Å². The molecule has 1 heterocycles. The summed E-state index contributed by atoms with van der Waals surface area (Å²) in [6.07, 6.45) is -2.80. The van der Waals surface area contributed by atoms with Gasteiger partial charge in [-0.2, -0.15) is 13.2 Å². The number of carbonyl (C=O) groups excluding carboxylic acids is 2. The maximum Gasteiger partial charge on any atom is 0.408 e. The van der Waals surface area contributed by atoms with E-state index >= 15 is 0 Å². The molecule has 2 atom stereocenters.